The molecular formula is C20H13ClF3N3O4S. The number of anilines is 2. The second-order valence-corrected chi connectivity index (χ2v) is 7.82. The van der Waals surface area contributed by atoms with E-state index in [0.29, 0.717) is 27.4 Å². The third-order valence-electron chi connectivity index (χ3n) is 4.02. The Morgan fingerprint density at radius 1 is 1.03 bits per heavy atom. The Morgan fingerprint density at radius 3 is 2.38 bits per heavy atom. The molecule has 1 fully saturated rings. The Bertz CT molecular complexity index is 1120. The maximum Gasteiger partial charge on any atom is 0.416 e. The van der Waals surface area contributed by atoms with Gasteiger partial charge in [0.15, 0.2) is 0 Å². The average Bonchev–Trinajstić information content (AvgIpc) is 2.96. The number of carbonyl (C=O) groups is 4. The van der Waals surface area contributed by atoms with E-state index in [-0.39, 0.29) is 10.6 Å². The number of nitrogens with one attached hydrogen (secondary N) is 2. The lowest BCUT2D eigenvalue weighted by Crippen LogP contribution is -2.36. The predicted octanol–water partition coefficient (Wildman–Crippen LogP) is 4.52. The van der Waals surface area contributed by atoms with Crippen LogP contribution in [0.25, 0.3) is 0 Å². The van der Waals surface area contributed by atoms with Crippen molar-refractivity contribution in [3.05, 3.63) is 70.1 Å². The maximum absolute atomic E-state index is 12.8. The lowest BCUT2D eigenvalue weighted by Gasteiger charge is -2.13. The minimum atomic E-state index is -4.59. The number of alkyl halides is 3. The normalized spacial score (nSPS) is 15.2. The molecule has 1 heterocycles. The van der Waals surface area contributed by atoms with Gasteiger partial charge in [0, 0.05) is 22.5 Å². The molecule has 3 rings (SSSR count). The molecule has 0 radical (unpaired) electrons. The molecule has 1 saturated heterocycles. The van der Waals surface area contributed by atoms with Crippen molar-refractivity contribution in [1.82, 2.24) is 4.90 Å². The summed E-state index contributed by atoms with van der Waals surface area (Å²) in [5, 5.41) is 4.38. The summed E-state index contributed by atoms with van der Waals surface area (Å²) in [4.78, 5) is 49.2. The van der Waals surface area contributed by atoms with Crippen molar-refractivity contribution < 1.29 is 32.3 Å². The molecule has 32 heavy (non-hydrogen) atoms. The molecule has 1 aliphatic rings. The van der Waals surface area contributed by atoms with Crippen LogP contribution in [0.5, 0.6) is 0 Å². The van der Waals surface area contributed by atoms with Crippen LogP contribution in [0, 0.1) is 0 Å². The molecule has 4 amide bonds. The summed E-state index contributed by atoms with van der Waals surface area (Å²) in [7, 11) is 0. The van der Waals surface area contributed by atoms with Gasteiger partial charge >= 0.3 is 6.18 Å². The molecule has 2 aromatic carbocycles. The molecule has 0 bridgehead atoms. The number of nitrogens with zero attached hydrogens (tertiary/aromatic N) is 1. The van der Waals surface area contributed by atoms with Gasteiger partial charge in [-0.15, -0.1) is 0 Å². The molecule has 0 saturated carbocycles. The van der Waals surface area contributed by atoms with Gasteiger partial charge in [0.1, 0.15) is 6.54 Å². The Kier molecular flexibility index (Phi) is 6.90. The van der Waals surface area contributed by atoms with E-state index in [2.05, 4.69) is 10.6 Å². The number of imide groups is 1. The highest BCUT2D eigenvalue weighted by Crippen LogP contribution is 2.32. The average molecular weight is 484 g/mol. The van der Waals surface area contributed by atoms with Gasteiger partial charge < -0.3 is 10.6 Å². The van der Waals surface area contributed by atoms with E-state index in [4.69, 9.17) is 11.6 Å². The first-order valence-corrected chi connectivity index (χ1v) is 10.0. The SMILES string of the molecule is O=C(/C=C1\SC(=O)N(CC(=O)Nc2cccc(C(F)(F)F)c2)C1=O)Nc1ccc(Cl)cc1. The number of amides is 4. The fourth-order valence-corrected chi connectivity index (χ4v) is 3.52. The second kappa shape index (κ2) is 9.45. The van der Waals surface area contributed by atoms with Gasteiger partial charge in [0.05, 0.1) is 10.5 Å². The van der Waals surface area contributed by atoms with Gasteiger partial charge in [-0.2, -0.15) is 13.2 Å². The van der Waals surface area contributed by atoms with E-state index in [9.17, 15) is 32.3 Å². The summed E-state index contributed by atoms with van der Waals surface area (Å²) in [6.07, 6.45) is -3.67. The lowest BCUT2D eigenvalue weighted by atomic mass is 10.2. The first-order chi connectivity index (χ1) is 15.0. The van der Waals surface area contributed by atoms with Crippen LogP contribution in [0.1, 0.15) is 5.56 Å². The van der Waals surface area contributed by atoms with Crippen molar-refractivity contribution >= 4 is 57.7 Å². The summed E-state index contributed by atoms with van der Waals surface area (Å²) in [5.41, 5.74) is -0.693. The van der Waals surface area contributed by atoms with Gasteiger partial charge in [-0.05, 0) is 54.2 Å². The van der Waals surface area contributed by atoms with Gasteiger partial charge in [-0.25, -0.2) is 0 Å². The van der Waals surface area contributed by atoms with Crippen molar-refractivity contribution in [3.8, 4) is 0 Å². The largest absolute Gasteiger partial charge is 0.416 e. The molecule has 2 aromatic rings. The first-order valence-electron chi connectivity index (χ1n) is 8.82. The van der Waals surface area contributed by atoms with Crippen molar-refractivity contribution in [3.63, 3.8) is 0 Å². The zero-order chi connectivity index (χ0) is 23.5. The highest BCUT2D eigenvalue weighted by atomic mass is 35.5. The van der Waals surface area contributed by atoms with E-state index in [1.54, 1.807) is 12.1 Å². The highest BCUT2D eigenvalue weighted by molar-refractivity contribution is 8.18. The van der Waals surface area contributed by atoms with Crippen LogP contribution in [-0.4, -0.2) is 34.4 Å². The molecule has 2 N–H and O–H groups in total. The highest BCUT2D eigenvalue weighted by Gasteiger charge is 2.37. The lowest BCUT2D eigenvalue weighted by molar-refractivity contribution is -0.137. The minimum absolute atomic E-state index is 0.144. The number of benzene rings is 2. The third kappa shape index (κ3) is 5.89. The van der Waals surface area contributed by atoms with Crippen LogP contribution in [0.2, 0.25) is 5.02 Å². The van der Waals surface area contributed by atoms with E-state index in [1.165, 1.54) is 18.2 Å². The Labute approximate surface area is 188 Å². The number of thioether (sulfide) groups is 1. The smallest absolute Gasteiger partial charge is 0.325 e. The summed E-state index contributed by atoms with van der Waals surface area (Å²) < 4.78 is 38.3. The molecule has 0 spiro atoms. The molecule has 7 nitrogen and oxygen atoms in total. The van der Waals surface area contributed by atoms with E-state index in [0.717, 1.165) is 24.3 Å². The zero-order valence-electron chi connectivity index (χ0n) is 15.9. The Morgan fingerprint density at radius 2 is 1.72 bits per heavy atom. The zero-order valence-corrected chi connectivity index (χ0v) is 17.5. The standard InChI is InChI=1S/C20H13ClF3N3O4S/c21-12-4-6-13(7-5-12)25-16(28)9-15-18(30)27(19(31)32-15)10-17(29)26-14-3-1-2-11(8-14)20(22,23)24/h1-9H,10H2,(H,25,28)(H,26,29)/b15-9-. The van der Waals surface area contributed by atoms with Gasteiger partial charge in [-0.1, -0.05) is 17.7 Å². The van der Waals surface area contributed by atoms with Crippen LogP contribution in [-0.2, 0) is 20.6 Å². The van der Waals surface area contributed by atoms with Crippen molar-refractivity contribution in [1.29, 1.82) is 0 Å². The number of hydrogen-bond acceptors (Lipinski definition) is 5. The Hall–Kier alpha value is -3.31. The van der Waals surface area contributed by atoms with Gasteiger partial charge in [0.2, 0.25) is 11.8 Å². The fraction of sp³-hybridized carbons (Fsp3) is 0.100. The van der Waals surface area contributed by atoms with Crippen LogP contribution in [0.4, 0.5) is 29.3 Å². The van der Waals surface area contributed by atoms with Crippen molar-refractivity contribution in [2.24, 2.45) is 0 Å². The first kappa shape index (κ1) is 23.4. The molecule has 12 heteroatoms. The fourth-order valence-electron chi connectivity index (χ4n) is 2.58. The van der Waals surface area contributed by atoms with Gasteiger partial charge in [0.25, 0.3) is 11.1 Å². The van der Waals surface area contributed by atoms with Crippen LogP contribution in [0.15, 0.2) is 59.5 Å². The molecular weight excluding hydrogens is 471 g/mol. The van der Waals surface area contributed by atoms with E-state index < -0.39 is 41.2 Å². The number of carbonyl (C=O) groups excluding carboxylic acids is 4. The summed E-state index contributed by atoms with van der Waals surface area (Å²) in [5.74, 6) is -2.42. The Balaban J connectivity index is 1.63. The molecule has 0 atom stereocenters. The number of hydrogen-bond donors (Lipinski definition) is 2. The second-order valence-electron chi connectivity index (χ2n) is 6.39. The van der Waals surface area contributed by atoms with E-state index in [1.807, 2.05) is 0 Å². The minimum Gasteiger partial charge on any atom is -0.325 e. The van der Waals surface area contributed by atoms with E-state index >= 15 is 0 Å². The van der Waals surface area contributed by atoms with Crippen LogP contribution in [0.3, 0.4) is 0 Å². The molecule has 0 unspecified atom stereocenters. The molecule has 1 aliphatic heterocycles. The summed E-state index contributed by atoms with van der Waals surface area (Å²) in [6, 6.07) is 10.1. The molecule has 166 valence electrons. The van der Waals surface area contributed by atoms with Crippen molar-refractivity contribution in [2.45, 2.75) is 6.18 Å². The summed E-state index contributed by atoms with van der Waals surface area (Å²) >= 11 is 6.22. The molecule has 0 aromatic heterocycles. The maximum atomic E-state index is 12.8. The quantitative estimate of drug-likeness (QED) is 0.610. The van der Waals surface area contributed by atoms with Crippen LogP contribution >= 0.6 is 23.4 Å². The third-order valence-corrected chi connectivity index (χ3v) is 5.18. The number of rotatable bonds is 5. The molecule has 0 aliphatic carbocycles. The van der Waals surface area contributed by atoms with Crippen molar-refractivity contribution in [2.75, 3.05) is 17.2 Å². The van der Waals surface area contributed by atoms with Crippen LogP contribution < -0.4 is 10.6 Å². The summed E-state index contributed by atoms with van der Waals surface area (Å²) in [6.45, 7) is -0.725. The topological polar surface area (TPSA) is 95.6 Å². The monoisotopic (exact) mass is 483 g/mol. The number of halogens is 4. The predicted molar refractivity (Wildman–Crippen MR) is 113 cm³/mol. The van der Waals surface area contributed by atoms with Gasteiger partial charge in [-0.3, -0.25) is 24.1 Å².